The van der Waals surface area contributed by atoms with Crippen LogP contribution in [0.4, 0.5) is 0 Å². The number of rotatable bonds is 1. The van der Waals surface area contributed by atoms with Gasteiger partial charge >= 0.3 is 0 Å². The number of benzene rings is 1. The van der Waals surface area contributed by atoms with E-state index >= 15 is 0 Å². The predicted octanol–water partition coefficient (Wildman–Crippen LogP) is 4.15. The highest BCUT2D eigenvalue weighted by atomic mass is 35.5. The van der Waals surface area contributed by atoms with E-state index in [0.717, 1.165) is 19.3 Å². The van der Waals surface area contributed by atoms with Crippen LogP contribution >= 0.6 is 34.7 Å². The van der Waals surface area contributed by atoms with Crippen LogP contribution in [0.3, 0.4) is 0 Å². The zero-order valence-electron chi connectivity index (χ0n) is 7.37. The zero-order chi connectivity index (χ0) is 10.1. The van der Waals surface area contributed by atoms with Crippen LogP contribution in [0.1, 0.15) is 5.56 Å². The SMILES string of the molecule is CSc1sc2ccc(C#N)cc2c1Cl. The van der Waals surface area contributed by atoms with Crippen LogP contribution in [0.15, 0.2) is 22.4 Å². The van der Waals surface area contributed by atoms with Crippen molar-refractivity contribution in [1.82, 2.24) is 0 Å². The number of nitrogens with zero attached hydrogens (tertiary/aromatic N) is 1. The summed E-state index contributed by atoms with van der Waals surface area (Å²) in [6, 6.07) is 7.72. The summed E-state index contributed by atoms with van der Waals surface area (Å²) in [5.74, 6) is 0. The van der Waals surface area contributed by atoms with Crippen LogP contribution in [0.2, 0.25) is 5.02 Å². The lowest BCUT2D eigenvalue weighted by molar-refractivity contribution is 1.50. The van der Waals surface area contributed by atoms with Crippen LogP contribution in [0, 0.1) is 11.3 Å². The van der Waals surface area contributed by atoms with Crippen molar-refractivity contribution >= 4 is 44.8 Å². The van der Waals surface area contributed by atoms with Gasteiger partial charge in [0.25, 0.3) is 0 Å². The van der Waals surface area contributed by atoms with Gasteiger partial charge in [0.15, 0.2) is 0 Å². The Kier molecular flexibility index (Phi) is 2.69. The normalized spacial score (nSPS) is 10.4. The van der Waals surface area contributed by atoms with Crippen LogP contribution in [0.25, 0.3) is 10.1 Å². The average molecular weight is 240 g/mol. The van der Waals surface area contributed by atoms with E-state index in [4.69, 9.17) is 16.9 Å². The number of halogens is 1. The van der Waals surface area contributed by atoms with Gasteiger partial charge in [-0.3, -0.25) is 0 Å². The number of fused-ring (bicyclic) bond motifs is 1. The third-order valence-electron chi connectivity index (χ3n) is 1.91. The molecule has 1 heterocycles. The van der Waals surface area contributed by atoms with Gasteiger partial charge in [0.2, 0.25) is 0 Å². The molecule has 4 heteroatoms. The van der Waals surface area contributed by atoms with Gasteiger partial charge in [0.05, 0.1) is 20.9 Å². The minimum atomic E-state index is 0.657. The third kappa shape index (κ3) is 1.50. The Labute approximate surface area is 95.3 Å². The standard InChI is InChI=1S/C10H6ClNS2/c1-13-10-9(11)7-4-6(5-12)2-3-8(7)14-10/h2-4H,1H3. The summed E-state index contributed by atoms with van der Waals surface area (Å²) in [4.78, 5) is 0. The first-order valence-electron chi connectivity index (χ1n) is 3.92. The molecule has 0 saturated carbocycles. The number of thioether (sulfide) groups is 1. The molecule has 14 heavy (non-hydrogen) atoms. The summed E-state index contributed by atoms with van der Waals surface area (Å²) in [6.07, 6.45) is 2.00. The molecule has 0 fully saturated rings. The molecule has 1 aromatic heterocycles. The van der Waals surface area contributed by atoms with Crippen LogP contribution in [-0.4, -0.2) is 6.26 Å². The van der Waals surface area contributed by atoms with Gasteiger partial charge < -0.3 is 0 Å². The summed E-state index contributed by atoms with van der Waals surface area (Å²) in [7, 11) is 0. The van der Waals surface area contributed by atoms with E-state index < -0.39 is 0 Å². The minimum Gasteiger partial charge on any atom is -0.192 e. The van der Waals surface area contributed by atoms with E-state index in [-0.39, 0.29) is 0 Å². The summed E-state index contributed by atoms with van der Waals surface area (Å²) in [5, 5.41) is 10.5. The molecule has 0 aliphatic carbocycles. The van der Waals surface area contributed by atoms with Crippen molar-refractivity contribution in [3.05, 3.63) is 28.8 Å². The first-order valence-corrected chi connectivity index (χ1v) is 6.34. The molecule has 2 aromatic rings. The second-order valence-corrected chi connectivity index (χ2v) is 5.24. The number of hydrogen-bond donors (Lipinski definition) is 0. The molecule has 0 amide bonds. The minimum absolute atomic E-state index is 0.657. The lowest BCUT2D eigenvalue weighted by atomic mass is 10.2. The zero-order valence-corrected chi connectivity index (χ0v) is 9.76. The Morgan fingerprint density at radius 1 is 1.50 bits per heavy atom. The van der Waals surface area contributed by atoms with E-state index in [1.165, 1.54) is 0 Å². The van der Waals surface area contributed by atoms with E-state index in [0.29, 0.717) is 5.56 Å². The molecule has 0 atom stereocenters. The fourth-order valence-corrected chi connectivity index (χ4v) is 3.50. The largest absolute Gasteiger partial charge is 0.192 e. The Balaban J connectivity index is 2.75. The number of nitriles is 1. The highest BCUT2D eigenvalue weighted by Gasteiger charge is 2.09. The molecule has 0 radical (unpaired) electrons. The van der Waals surface area contributed by atoms with Gasteiger partial charge in [0, 0.05) is 10.1 Å². The molecule has 0 aliphatic heterocycles. The van der Waals surface area contributed by atoms with Gasteiger partial charge in [-0.15, -0.1) is 23.1 Å². The summed E-state index contributed by atoms with van der Waals surface area (Å²) in [6.45, 7) is 0. The highest BCUT2D eigenvalue weighted by Crippen LogP contribution is 2.40. The smallest absolute Gasteiger partial charge is 0.0991 e. The van der Waals surface area contributed by atoms with E-state index in [1.807, 2.05) is 24.5 Å². The Bertz CT molecular complexity index is 525. The average Bonchev–Trinajstić information content (AvgIpc) is 2.55. The van der Waals surface area contributed by atoms with Gasteiger partial charge in [0.1, 0.15) is 0 Å². The molecule has 0 unspecified atom stereocenters. The van der Waals surface area contributed by atoms with E-state index in [9.17, 15) is 0 Å². The lowest BCUT2D eigenvalue weighted by Crippen LogP contribution is -1.71. The fourth-order valence-electron chi connectivity index (χ4n) is 1.25. The van der Waals surface area contributed by atoms with Crippen molar-refractivity contribution in [3.8, 4) is 6.07 Å². The predicted molar refractivity (Wildman–Crippen MR) is 63.3 cm³/mol. The molecular formula is C10H6ClNS2. The first-order chi connectivity index (χ1) is 6.76. The maximum atomic E-state index is 8.76. The van der Waals surface area contributed by atoms with Gasteiger partial charge in [-0.1, -0.05) is 11.6 Å². The molecule has 0 bridgehead atoms. The second kappa shape index (κ2) is 3.82. The molecule has 1 aromatic carbocycles. The third-order valence-corrected chi connectivity index (χ3v) is 4.82. The van der Waals surface area contributed by atoms with Crippen molar-refractivity contribution in [1.29, 1.82) is 5.26 Å². The summed E-state index contributed by atoms with van der Waals surface area (Å²) in [5.41, 5.74) is 0.657. The lowest BCUT2D eigenvalue weighted by Gasteiger charge is -1.91. The quantitative estimate of drug-likeness (QED) is 0.698. The molecule has 0 spiro atoms. The first kappa shape index (κ1) is 9.85. The number of hydrogen-bond acceptors (Lipinski definition) is 3. The Morgan fingerprint density at radius 2 is 2.29 bits per heavy atom. The van der Waals surface area contributed by atoms with Crippen molar-refractivity contribution < 1.29 is 0 Å². The summed E-state index contributed by atoms with van der Waals surface area (Å²) < 4.78 is 2.25. The van der Waals surface area contributed by atoms with E-state index in [1.54, 1.807) is 23.1 Å². The van der Waals surface area contributed by atoms with Crippen LogP contribution in [0.5, 0.6) is 0 Å². The molecule has 0 N–H and O–H groups in total. The Hall–Kier alpha value is -0.690. The fraction of sp³-hybridized carbons (Fsp3) is 0.100. The molecular weight excluding hydrogens is 234 g/mol. The molecule has 0 saturated heterocycles. The van der Waals surface area contributed by atoms with Gasteiger partial charge in [-0.2, -0.15) is 5.26 Å². The van der Waals surface area contributed by atoms with Crippen LogP contribution < -0.4 is 0 Å². The van der Waals surface area contributed by atoms with Crippen molar-refractivity contribution in [3.63, 3.8) is 0 Å². The molecule has 70 valence electrons. The maximum Gasteiger partial charge on any atom is 0.0991 e. The number of thiophene rings is 1. The highest BCUT2D eigenvalue weighted by molar-refractivity contribution is 8.00. The molecule has 0 aliphatic rings. The van der Waals surface area contributed by atoms with Crippen LogP contribution in [-0.2, 0) is 0 Å². The monoisotopic (exact) mass is 239 g/mol. The maximum absolute atomic E-state index is 8.76. The molecule has 1 nitrogen and oxygen atoms in total. The second-order valence-electron chi connectivity index (χ2n) is 2.73. The topological polar surface area (TPSA) is 23.8 Å². The van der Waals surface area contributed by atoms with Gasteiger partial charge in [-0.05, 0) is 24.5 Å². The Morgan fingerprint density at radius 3 is 2.93 bits per heavy atom. The van der Waals surface area contributed by atoms with E-state index in [2.05, 4.69) is 6.07 Å². The van der Waals surface area contributed by atoms with Gasteiger partial charge in [-0.25, -0.2) is 0 Å². The van der Waals surface area contributed by atoms with Crippen molar-refractivity contribution in [2.45, 2.75) is 4.21 Å². The molecule has 2 rings (SSSR count). The van der Waals surface area contributed by atoms with Crippen molar-refractivity contribution in [2.24, 2.45) is 0 Å². The van der Waals surface area contributed by atoms with Crippen molar-refractivity contribution in [2.75, 3.05) is 6.26 Å². The summed E-state index contributed by atoms with van der Waals surface area (Å²) >= 11 is 9.47.